The van der Waals surface area contributed by atoms with Crippen LogP contribution in [0.2, 0.25) is 0 Å². The molecule has 5 nitrogen and oxygen atoms in total. The second-order valence-corrected chi connectivity index (χ2v) is 3.82. The molecule has 0 bridgehead atoms. The average Bonchev–Trinajstić information content (AvgIpc) is 2.29. The second kappa shape index (κ2) is 6.15. The highest BCUT2D eigenvalue weighted by atomic mass is 32.1. The number of amides is 2. The zero-order valence-corrected chi connectivity index (χ0v) is 10.3. The van der Waals surface area contributed by atoms with Gasteiger partial charge in [0.25, 0.3) is 5.91 Å². The molecular formula is C11H15N3O2S. The maximum absolute atomic E-state index is 11.9. The van der Waals surface area contributed by atoms with Gasteiger partial charge in [0.05, 0.1) is 0 Å². The van der Waals surface area contributed by atoms with Crippen LogP contribution in [0.4, 0.5) is 0 Å². The van der Waals surface area contributed by atoms with Crippen molar-refractivity contribution in [3.8, 4) is 0 Å². The van der Waals surface area contributed by atoms with E-state index >= 15 is 0 Å². The van der Waals surface area contributed by atoms with Crippen LogP contribution < -0.4 is 5.32 Å². The van der Waals surface area contributed by atoms with Gasteiger partial charge in [-0.05, 0) is 6.20 Å². The summed E-state index contributed by atoms with van der Waals surface area (Å²) in [5.74, 6) is 0.581. The molecule has 0 saturated carbocycles. The van der Waals surface area contributed by atoms with Gasteiger partial charge >= 0.3 is 0 Å². The van der Waals surface area contributed by atoms with Gasteiger partial charge in [-0.25, -0.2) is 0 Å². The molecule has 17 heavy (non-hydrogen) atoms. The lowest BCUT2D eigenvalue weighted by Gasteiger charge is -2.27. The highest BCUT2D eigenvalue weighted by molar-refractivity contribution is 7.80. The molecular weight excluding hydrogens is 238 g/mol. The fourth-order valence-corrected chi connectivity index (χ4v) is 1.53. The van der Waals surface area contributed by atoms with Gasteiger partial charge < -0.3 is 15.1 Å². The summed E-state index contributed by atoms with van der Waals surface area (Å²) in [6.45, 7) is 7.84. The predicted octanol–water partition coefficient (Wildman–Crippen LogP) is 0.305. The molecule has 6 heteroatoms. The third kappa shape index (κ3) is 3.67. The largest absolute Gasteiger partial charge is 0.325 e. The van der Waals surface area contributed by atoms with Crippen molar-refractivity contribution in [2.75, 3.05) is 18.8 Å². The lowest BCUT2D eigenvalue weighted by atomic mass is 10.3. The molecule has 0 aliphatic carbocycles. The Bertz CT molecular complexity index is 379. The van der Waals surface area contributed by atoms with E-state index in [2.05, 4.69) is 31.1 Å². The van der Waals surface area contributed by atoms with Crippen molar-refractivity contribution in [2.45, 2.75) is 0 Å². The van der Waals surface area contributed by atoms with E-state index in [9.17, 15) is 9.59 Å². The SMILES string of the molecule is C=CN(CCS)C(=O)CN1C=CC(=O)NC1=C. The molecule has 0 aromatic heterocycles. The summed E-state index contributed by atoms with van der Waals surface area (Å²) in [5, 5.41) is 2.52. The molecule has 0 aromatic rings. The fourth-order valence-electron chi connectivity index (χ4n) is 1.31. The van der Waals surface area contributed by atoms with E-state index in [1.54, 1.807) is 4.90 Å². The Hall–Kier alpha value is -1.69. The number of hydrogen-bond donors (Lipinski definition) is 2. The Kier molecular flexibility index (Phi) is 4.84. The Morgan fingerprint density at radius 3 is 2.88 bits per heavy atom. The van der Waals surface area contributed by atoms with Crippen molar-refractivity contribution in [1.82, 2.24) is 15.1 Å². The van der Waals surface area contributed by atoms with Crippen molar-refractivity contribution in [2.24, 2.45) is 0 Å². The van der Waals surface area contributed by atoms with Gasteiger partial charge in [0.15, 0.2) is 0 Å². The molecule has 0 fully saturated rings. The Balaban J connectivity index is 2.61. The van der Waals surface area contributed by atoms with E-state index in [4.69, 9.17) is 0 Å². The highest BCUT2D eigenvalue weighted by Gasteiger charge is 2.18. The van der Waals surface area contributed by atoms with Crippen molar-refractivity contribution in [3.05, 3.63) is 37.5 Å². The van der Waals surface area contributed by atoms with Crippen LogP contribution in [-0.4, -0.2) is 40.5 Å². The smallest absolute Gasteiger partial charge is 0.250 e. The molecule has 0 aromatic carbocycles. The van der Waals surface area contributed by atoms with Crippen LogP contribution in [0.1, 0.15) is 0 Å². The van der Waals surface area contributed by atoms with Crippen LogP contribution in [0.25, 0.3) is 0 Å². The van der Waals surface area contributed by atoms with Gasteiger partial charge in [-0.15, -0.1) is 0 Å². The van der Waals surface area contributed by atoms with E-state index < -0.39 is 0 Å². The Morgan fingerprint density at radius 1 is 1.65 bits per heavy atom. The van der Waals surface area contributed by atoms with E-state index in [-0.39, 0.29) is 18.4 Å². The maximum Gasteiger partial charge on any atom is 0.250 e. The third-order valence-corrected chi connectivity index (χ3v) is 2.41. The van der Waals surface area contributed by atoms with Crippen molar-refractivity contribution < 1.29 is 9.59 Å². The Morgan fingerprint density at radius 2 is 2.35 bits per heavy atom. The molecule has 0 radical (unpaired) electrons. The molecule has 0 unspecified atom stereocenters. The fraction of sp³-hybridized carbons (Fsp3) is 0.273. The second-order valence-electron chi connectivity index (χ2n) is 3.37. The lowest BCUT2D eigenvalue weighted by Crippen LogP contribution is -2.41. The number of carbonyl (C=O) groups excluding carboxylic acids is 2. The molecule has 1 aliphatic heterocycles. The van der Waals surface area contributed by atoms with Gasteiger partial charge in [-0.1, -0.05) is 13.2 Å². The molecule has 1 rings (SSSR count). The zero-order chi connectivity index (χ0) is 12.8. The van der Waals surface area contributed by atoms with E-state index in [0.717, 1.165) is 0 Å². The summed E-state index contributed by atoms with van der Waals surface area (Å²) in [7, 11) is 0. The van der Waals surface area contributed by atoms with E-state index in [0.29, 0.717) is 18.1 Å². The van der Waals surface area contributed by atoms with Crippen LogP contribution in [0.5, 0.6) is 0 Å². The van der Waals surface area contributed by atoms with Crippen molar-refractivity contribution in [3.63, 3.8) is 0 Å². The topological polar surface area (TPSA) is 52.7 Å². The highest BCUT2D eigenvalue weighted by Crippen LogP contribution is 2.06. The maximum atomic E-state index is 11.9. The van der Waals surface area contributed by atoms with E-state index in [1.807, 2.05) is 0 Å². The number of nitrogens with zero attached hydrogens (tertiary/aromatic N) is 2. The monoisotopic (exact) mass is 253 g/mol. The number of hydrogen-bond acceptors (Lipinski definition) is 4. The minimum absolute atomic E-state index is 0.107. The van der Waals surface area contributed by atoms with E-state index in [1.165, 1.54) is 23.4 Å². The first-order valence-electron chi connectivity index (χ1n) is 5.06. The first kappa shape index (κ1) is 13.4. The van der Waals surface area contributed by atoms with Gasteiger partial charge in [-0.2, -0.15) is 12.6 Å². The first-order valence-corrected chi connectivity index (χ1v) is 5.69. The lowest BCUT2D eigenvalue weighted by molar-refractivity contribution is -0.129. The average molecular weight is 253 g/mol. The van der Waals surface area contributed by atoms with Crippen LogP contribution >= 0.6 is 12.6 Å². The predicted molar refractivity (Wildman–Crippen MR) is 68.9 cm³/mol. The third-order valence-electron chi connectivity index (χ3n) is 2.21. The number of nitrogens with one attached hydrogen (secondary N) is 1. The molecule has 1 aliphatic rings. The van der Waals surface area contributed by atoms with Crippen molar-refractivity contribution in [1.29, 1.82) is 0 Å². The summed E-state index contributed by atoms with van der Waals surface area (Å²) >= 11 is 4.06. The molecule has 1 heterocycles. The Labute approximate surface area is 106 Å². The summed E-state index contributed by atoms with van der Waals surface area (Å²) < 4.78 is 0. The number of rotatable bonds is 5. The van der Waals surface area contributed by atoms with Crippen LogP contribution in [-0.2, 0) is 9.59 Å². The molecule has 0 saturated heterocycles. The number of carbonyl (C=O) groups is 2. The van der Waals surface area contributed by atoms with Gasteiger partial charge in [0.2, 0.25) is 5.91 Å². The molecule has 0 spiro atoms. The first-order chi connectivity index (χ1) is 8.08. The van der Waals surface area contributed by atoms with Gasteiger partial charge in [0, 0.05) is 24.6 Å². The van der Waals surface area contributed by atoms with Crippen LogP contribution in [0.15, 0.2) is 37.5 Å². The minimum Gasteiger partial charge on any atom is -0.325 e. The molecule has 0 atom stereocenters. The summed E-state index contributed by atoms with van der Waals surface area (Å²) in [4.78, 5) is 25.9. The van der Waals surface area contributed by atoms with Crippen LogP contribution in [0, 0.1) is 0 Å². The van der Waals surface area contributed by atoms with Crippen LogP contribution in [0.3, 0.4) is 0 Å². The van der Waals surface area contributed by atoms with Gasteiger partial charge in [-0.3, -0.25) is 9.59 Å². The standard InChI is InChI=1S/C11H15N3O2S/c1-3-13(6-7-17)11(16)8-14-5-4-10(15)12-9(14)2/h3-5,17H,1-2,6-8H2,(H,12,15). The van der Waals surface area contributed by atoms with Crippen molar-refractivity contribution >= 4 is 24.4 Å². The summed E-state index contributed by atoms with van der Waals surface area (Å²) in [6, 6.07) is 0. The minimum atomic E-state index is -0.241. The quantitative estimate of drug-likeness (QED) is 0.693. The molecule has 1 N–H and O–H groups in total. The van der Waals surface area contributed by atoms with Gasteiger partial charge in [0.1, 0.15) is 12.4 Å². The summed E-state index contributed by atoms with van der Waals surface area (Å²) in [5.41, 5.74) is 0. The number of thiol groups is 1. The normalized spacial score (nSPS) is 14.5. The molecule has 2 amide bonds. The zero-order valence-electron chi connectivity index (χ0n) is 9.43. The molecule has 92 valence electrons. The summed E-state index contributed by atoms with van der Waals surface area (Å²) in [6.07, 6.45) is 4.34.